The summed E-state index contributed by atoms with van der Waals surface area (Å²) in [6.07, 6.45) is -0.958. The minimum Gasteiger partial charge on any atom is -0.382 e. The lowest BCUT2D eigenvalue weighted by Gasteiger charge is -2.41. The number of aliphatic imine (C=N–C) groups is 1. The summed E-state index contributed by atoms with van der Waals surface area (Å²) in [6, 6.07) is 3.68. The molecule has 1 aliphatic rings. The summed E-state index contributed by atoms with van der Waals surface area (Å²) in [7, 11) is 3.65. The minimum atomic E-state index is -4.98. The van der Waals surface area contributed by atoms with Crippen molar-refractivity contribution < 1.29 is 27.9 Å². The topological polar surface area (TPSA) is 99.6 Å². The lowest BCUT2D eigenvalue weighted by Crippen LogP contribution is -2.55. The van der Waals surface area contributed by atoms with Gasteiger partial charge in [0.2, 0.25) is 5.60 Å². The number of amidine groups is 1. The number of piperazine rings is 1. The molecule has 238 valence electrons. The predicted octanol–water partition coefficient (Wildman–Crippen LogP) is 5.13. The van der Waals surface area contributed by atoms with Crippen LogP contribution in [-0.4, -0.2) is 101 Å². The molecule has 2 unspecified atom stereocenters. The highest BCUT2D eigenvalue weighted by atomic mass is 19.4. The van der Waals surface area contributed by atoms with Crippen LogP contribution < -0.4 is 0 Å². The summed E-state index contributed by atoms with van der Waals surface area (Å²) < 4.78 is 50.5. The average molecular weight is 609 g/mol. The number of ether oxygens (including phenoxy) is 1. The van der Waals surface area contributed by atoms with Crippen LogP contribution in [-0.2, 0) is 16.9 Å². The predicted molar refractivity (Wildman–Crippen MR) is 162 cm³/mol. The summed E-state index contributed by atoms with van der Waals surface area (Å²) >= 11 is 0. The van der Waals surface area contributed by atoms with Crippen molar-refractivity contribution in [2.24, 2.45) is 4.99 Å². The first-order valence-electron chi connectivity index (χ1n) is 14.3. The smallest absolute Gasteiger partial charge is 0.382 e. The molecule has 1 fully saturated rings. The standard InChI is InChI=1S/C30H43F3N6O4/c1-8-37-19-27(26-10-9-25(39(41)42)17-28(26)37)29(40,30(31,32)33)20-36-13-15-38(16-14-36)23(4)21(2)18-34-24(5)35(6)12-11-22(3)43-7/h9-10,17-19,22,40H,4,8,11-16,20H2,1-3,5-7H3/b21-18+,34-24?. The Morgan fingerprint density at radius 2 is 1.93 bits per heavy atom. The second kappa shape index (κ2) is 13.9. The van der Waals surface area contributed by atoms with Crippen molar-refractivity contribution in [3.05, 3.63) is 64.1 Å². The van der Waals surface area contributed by atoms with E-state index in [9.17, 15) is 28.4 Å². The summed E-state index contributed by atoms with van der Waals surface area (Å²) in [6.45, 7) is 13.6. The molecular weight excluding hydrogens is 565 g/mol. The number of aryl methyl sites for hydroxylation is 1. The zero-order valence-electron chi connectivity index (χ0n) is 25.8. The van der Waals surface area contributed by atoms with E-state index in [1.165, 1.54) is 22.9 Å². The fourth-order valence-electron chi connectivity index (χ4n) is 5.08. The number of hydrogen-bond donors (Lipinski definition) is 1. The molecule has 2 aromatic rings. The third-order valence-electron chi connectivity index (χ3n) is 8.26. The number of benzene rings is 1. The maximum atomic E-state index is 14.6. The number of nitrogens with zero attached hydrogens (tertiary/aromatic N) is 6. The van der Waals surface area contributed by atoms with Crippen molar-refractivity contribution in [1.82, 2.24) is 19.3 Å². The highest BCUT2D eigenvalue weighted by molar-refractivity contribution is 5.87. The molecule has 43 heavy (non-hydrogen) atoms. The van der Waals surface area contributed by atoms with Crippen molar-refractivity contribution in [3.63, 3.8) is 0 Å². The number of aliphatic hydroxyl groups is 1. The maximum Gasteiger partial charge on any atom is 0.422 e. The first-order chi connectivity index (χ1) is 20.1. The monoisotopic (exact) mass is 608 g/mol. The number of nitro groups is 1. The van der Waals surface area contributed by atoms with E-state index in [4.69, 9.17) is 4.74 Å². The third kappa shape index (κ3) is 7.76. The fraction of sp³-hybridized carbons (Fsp3) is 0.567. The molecule has 13 heteroatoms. The number of methoxy groups -OCH3 is 1. The van der Waals surface area contributed by atoms with Gasteiger partial charge in [0.15, 0.2) is 0 Å². The van der Waals surface area contributed by atoms with Crippen molar-refractivity contribution in [1.29, 1.82) is 0 Å². The molecule has 1 aliphatic heterocycles. The van der Waals surface area contributed by atoms with Crippen LogP contribution in [0.2, 0.25) is 0 Å². The van der Waals surface area contributed by atoms with Gasteiger partial charge in [-0.15, -0.1) is 0 Å². The maximum absolute atomic E-state index is 14.6. The molecule has 1 N–H and O–H groups in total. The summed E-state index contributed by atoms with van der Waals surface area (Å²) in [5, 5.41) is 22.7. The van der Waals surface area contributed by atoms with Gasteiger partial charge in [0.25, 0.3) is 5.69 Å². The highest BCUT2D eigenvalue weighted by Crippen LogP contribution is 2.44. The molecular formula is C30H43F3N6O4. The Morgan fingerprint density at radius 1 is 1.28 bits per heavy atom. The van der Waals surface area contributed by atoms with Gasteiger partial charge < -0.3 is 24.2 Å². The zero-order valence-corrected chi connectivity index (χ0v) is 25.8. The van der Waals surface area contributed by atoms with Crippen LogP contribution in [0.25, 0.3) is 10.9 Å². The van der Waals surface area contributed by atoms with Gasteiger partial charge in [-0.2, -0.15) is 13.2 Å². The van der Waals surface area contributed by atoms with E-state index in [0.717, 1.165) is 36.1 Å². The van der Waals surface area contributed by atoms with Crippen molar-refractivity contribution >= 4 is 22.4 Å². The van der Waals surface area contributed by atoms with Crippen LogP contribution in [0.15, 0.2) is 53.4 Å². The van der Waals surface area contributed by atoms with Gasteiger partial charge in [-0.1, -0.05) is 6.58 Å². The number of fused-ring (bicyclic) bond motifs is 1. The van der Waals surface area contributed by atoms with Crippen LogP contribution in [0.4, 0.5) is 18.9 Å². The molecule has 1 aromatic carbocycles. The Balaban J connectivity index is 1.72. The number of nitro benzene ring substituents is 1. The van der Waals surface area contributed by atoms with E-state index < -0.39 is 23.2 Å². The summed E-state index contributed by atoms with van der Waals surface area (Å²) in [5.41, 5.74) is -1.85. The first-order valence-corrected chi connectivity index (χ1v) is 14.3. The molecule has 1 saturated heterocycles. The molecule has 0 aliphatic carbocycles. The van der Waals surface area contributed by atoms with E-state index in [0.29, 0.717) is 13.1 Å². The van der Waals surface area contributed by atoms with E-state index in [1.54, 1.807) is 25.1 Å². The van der Waals surface area contributed by atoms with Crippen LogP contribution in [0.1, 0.15) is 39.7 Å². The number of non-ortho nitro benzene ring substituents is 1. The summed E-state index contributed by atoms with van der Waals surface area (Å²) in [4.78, 5) is 20.9. The zero-order chi connectivity index (χ0) is 32.1. The first kappa shape index (κ1) is 34.1. The molecule has 2 atom stereocenters. The number of β-amino-alcohol motifs (C(OH)–C–C–N with tert-alkyl or cyclic N) is 1. The molecule has 0 saturated carbocycles. The molecule has 1 aromatic heterocycles. The number of allylic oxidation sites excluding steroid dienone is 1. The van der Waals surface area contributed by atoms with Gasteiger partial charge in [-0.05, 0) is 45.8 Å². The number of rotatable bonds is 12. The lowest BCUT2D eigenvalue weighted by molar-refractivity contribution is -0.384. The molecule has 10 nitrogen and oxygen atoms in total. The van der Waals surface area contributed by atoms with Crippen LogP contribution >= 0.6 is 0 Å². The Hall–Kier alpha value is -3.42. The number of aromatic nitrogens is 1. The number of alkyl halides is 3. The quantitative estimate of drug-likeness (QED) is 0.117. The largest absolute Gasteiger partial charge is 0.422 e. The van der Waals surface area contributed by atoms with Crippen molar-refractivity contribution in [2.75, 3.05) is 53.4 Å². The Morgan fingerprint density at radius 3 is 2.49 bits per heavy atom. The Labute approximate surface area is 250 Å². The van der Waals surface area contributed by atoms with Gasteiger partial charge in [0, 0.05) is 101 Å². The lowest BCUT2D eigenvalue weighted by atomic mass is 9.91. The second-order valence-electron chi connectivity index (χ2n) is 11.1. The van der Waals surface area contributed by atoms with Gasteiger partial charge in [-0.25, -0.2) is 4.99 Å². The fourth-order valence-corrected chi connectivity index (χ4v) is 5.08. The minimum absolute atomic E-state index is 0.134. The molecule has 0 spiro atoms. The van der Waals surface area contributed by atoms with Crippen molar-refractivity contribution in [3.8, 4) is 0 Å². The summed E-state index contributed by atoms with van der Waals surface area (Å²) in [5.74, 6) is 0.839. The average Bonchev–Trinajstić information content (AvgIpc) is 3.36. The molecule has 0 amide bonds. The number of hydrogen-bond acceptors (Lipinski definition) is 7. The van der Waals surface area contributed by atoms with Crippen LogP contribution in [0, 0.1) is 10.1 Å². The third-order valence-corrected chi connectivity index (χ3v) is 8.26. The van der Waals surface area contributed by atoms with E-state index >= 15 is 0 Å². The van der Waals surface area contributed by atoms with E-state index in [-0.39, 0.29) is 47.9 Å². The van der Waals surface area contributed by atoms with Crippen LogP contribution in [0.3, 0.4) is 0 Å². The second-order valence-corrected chi connectivity index (χ2v) is 11.1. The van der Waals surface area contributed by atoms with Crippen LogP contribution in [0.5, 0.6) is 0 Å². The highest BCUT2D eigenvalue weighted by Gasteiger charge is 2.57. The SMILES string of the molecule is C=C(/C(C)=C/N=C(C)N(C)CCC(C)OC)N1CCN(CC(O)(c2cn(CC)c3cc([N+](=O)[O-])ccc23)C(F)(F)F)CC1. The number of halogens is 3. The molecule has 0 bridgehead atoms. The van der Waals surface area contributed by atoms with Crippen molar-refractivity contribution in [2.45, 2.75) is 58.5 Å². The Kier molecular flexibility index (Phi) is 11.0. The van der Waals surface area contributed by atoms with E-state index in [1.807, 2.05) is 37.6 Å². The van der Waals surface area contributed by atoms with Gasteiger partial charge in [-0.3, -0.25) is 15.0 Å². The Bertz CT molecular complexity index is 1360. The van der Waals surface area contributed by atoms with Gasteiger partial charge in [0.1, 0.15) is 5.84 Å². The van der Waals surface area contributed by atoms with Gasteiger partial charge >= 0.3 is 6.18 Å². The van der Waals surface area contributed by atoms with E-state index in [2.05, 4.69) is 11.6 Å². The molecule has 0 radical (unpaired) electrons. The van der Waals surface area contributed by atoms with Gasteiger partial charge in [0.05, 0.1) is 16.5 Å². The molecule has 3 rings (SSSR count). The normalized spacial score (nSPS) is 17.7. The molecule has 2 heterocycles.